The van der Waals surface area contributed by atoms with E-state index >= 15 is 0 Å². The highest BCUT2D eigenvalue weighted by Gasteiger charge is 2.27. The summed E-state index contributed by atoms with van der Waals surface area (Å²) in [4.78, 5) is 17.1. The van der Waals surface area contributed by atoms with Crippen LogP contribution in [0.5, 0.6) is 5.75 Å². The second-order valence-electron chi connectivity index (χ2n) is 5.84. The Labute approximate surface area is 133 Å². The van der Waals surface area contributed by atoms with Crippen LogP contribution in [0.15, 0.2) is 58.1 Å². The van der Waals surface area contributed by atoms with Crippen LogP contribution in [0.25, 0.3) is 22.4 Å². The molecular weight excluding hydrogens is 290 g/mol. The zero-order chi connectivity index (χ0) is 16.0. The maximum atomic E-state index is 13.0. The molecule has 1 atom stereocenters. The summed E-state index contributed by atoms with van der Waals surface area (Å²) in [6.07, 6.45) is 3.64. The summed E-state index contributed by atoms with van der Waals surface area (Å²) in [5, 5.41) is 9.99. The molecular formula is C19H15NO3. The molecule has 0 bridgehead atoms. The van der Waals surface area contributed by atoms with Crippen LogP contribution in [0.4, 0.5) is 0 Å². The number of hydrogen-bond donors (Lipinski definition) is 1. The lowest BCUT2D eigenvalue weighted by molar-refractivity contribution is 0.467. The first-order valence-corrected chi connectivity index (χ1v) is 7.55. The molecule has 0 fully saturated rings. The highest BCUT2D eigenvalue weighted by Crippen LogP contribution is 2.38. The minimum Gasteiger partial charge on any atom is -0.506 e. The molecule has 4 heteroatoms. The van der Waals surface area contributed by atoms with Crippen molar-refractivity contribution in [3.8, 4) is 28.1 Å². The largest absolute Gasteiger partial charge is 0.506 e. The Balaban J connectivity index is 2.01. The van der Waals surface area contributed by atoms with Crippen molar-refractivity contribution in [3.05, 3.63) is 70.4 Å². The van der Waals surface area contributed by atoms with Gasteiger partial charge in [-0.2, -0.15) is 0 Å². The van der Waals surface area contributed by atoms with Crippen molar-refractivity contribution in [1.82, 2.24) is 4.98 Å². The number of rotatable bonds is 1. The van der Waals surface area contributed by atoms with Gasteiger partial charge in [0.1, 0.15) is 23.5 Å². The van der Waals surface area contributed by atoms with Gasteiger partial charge in [-0.1, -0.05) is 31.2 Å². The van der Waals surface area contributed by atoms with E-state index in [-0.39, 0.29) is 22.4 Å². The van der Waals surface area contributed by atoms with Crippen LogP contribution in [-0.4, -0.2) is 10.1 Å². The van der Waals surface area contributed by atoms with Crippen LogP contribution in [0.1, 0.15) is 24.2 Å². The number of pyridine rings is 1. The van der Waals surface area contributed by atoms with Gasteiger partial charge in [0.25, 0.3) is 0 Å². The van der Waals surface area contributed by atoms with E-state index in [1.165, 1.54) is 12.3 Å². The molecule has 2 aromatic heterocycles. The van der Waals surface area contributed by atoms with Crippen LogP contribution in [-0.2, 0) is 6.42 Å². The van der Waals surface area contributed by atoms with Crippen molar-refractivity contribution in [3.63, 3.8) is 0 Å². The Morgan fingerprint density at radius 1 is 1.17 bits per heavy atom. The minimum absolute atomic E-state index is 0.0304. The molecule has 4 rings (SSSR count). The van der Waals surface area contributed by atoms with Crippen molar-refractivity contribution < 1.29 is 9.52 Å². The minimum atomic E-state index is -0.153. The Morgan fingerprint density at radius 3 is 2.83 bits per heavy atom. The van der Waals surface area contributed by atoms with Gasteiger partial charge in [-0.15, -0.1) is 0 Å². The van der Waals surface area contributed by atoms with Gasteiger partial charge >= 0.3 is 0 Å². The summed E-state index contributed by atoms with van der Waals surface area (Å²) < 4.78 is 5.75. The van der Waals surface area contributed by atoms with E-state index < -0.39 is 0 Å². The molecule has 23 heavy (non-hydrogen) atoms. The molecule has 3 aromatic rings. The van der Waals surface area contributed by atoms with Crippen LogP contribution in [0.3, 0.4) is 0 Å². The fraction of sp³-hybridized carbons (Fsp3) is 0.158. The topological polar surface area (TPSA) is 63.3 Å². The molecule has 1 N–H and O–H groups in total. The van der Waals surface area contributed by atoms with Gasteiger partial charge in [-0.25, -0.2) is 0 Å². The van der Waals surface area contributed by atoms with Crippen molar-refractivity contribution in [2.75, 3.05) is 0 Å². The molecule has 2 heterocycles. The molecule has 4 nitrogen and oxygen atoms in total. The summed E-state index contributed by atoms with van der Waals surface area (Å²) >= 11 is 0. The smallest absolute Gasteiger partial charge is 0.202 e. The Kier molecular flexibility index (Phi) is 3.05. The Morgan fingerprint density at radius 2 is 2.00 bits per heavy atom. The highest BCUT2D eigenvalue weighted by atomic mass is 16.3. The molecule has 114 valence electrons. The van der Waals surface area contributed by atoms with E-state index in [0.717, 1.165) is 11.1 Å². The number of aromatic hydroxyl groups is 1. The van der Waals surface area contributed by atoms with Crippen LogP contribution < -0.4 is 5.43 Å². The first-order chi connectivity index (χ1) is 11.2. The molecule has 0 radical (unpaired) electrons. The standard InChI is InChI=1S/C19H15NO3/c1-11-9-16-17(13-6-3-2-5-12(11)13)19(22)14(10-23-16)18-15(21)7-4-8-20-18/h2-8,10-11,21H,9H2,1H3. The molecule has 1 aromatic carbocycles. The first kappa shape index (κ1) is 13.8. The van der Waals surface area contributed by atoms with Gasteiger partial charge < -0.3 is 9.52 Å². The average Bonchev–Trinajstić information content (AvgIpc) is 2.56. The normalized spacial score (nSPS) is 15.8. The van der Waals surface area contributed by atoms with E-state index in [4.69, 9.17) is 4.42 Å². The van der Waals surface area contributed by atoms with Crippen LogP contribution in [0, 0.1) is 0 Å². The second-order valence-corrected chi connectivity index (χ2v) is 5.84. The third-order valence-corrected chi connectivity index (χ3v) is 4.36. The molecule has 1 aliphatic carbocycles. The van der Waals surface area contributed by atoms with E-state index in [1.807, 2.05) is 24.3 Å². The fourth-order valence-corrected chi connectivity index (χ4v) is 3.24. The van der Waals surface area contributed by atoms with Crippen molar-refractivity contribution in [2.24, 2.45) is 0 Å². The van der Waals surface area contributed by atoms with E-state index in [1.54, 1.807) is 12.3 Å². The van der Waals surface area contributed by atoms with E-state index in [0.29, 0.717) is 23.7 Å². The van der Waals surface area contributed by atoms with Gasteiger partial charge in [0.15, 0.2) is 0 Å². The molecule has 1 aliphatic rings. The average molecular weight is 305 g/mol. The summed E-state index contributed by atoms with van der Waals surface area (Å²) in [6, 6.07) is 11.0. The van der Waals surface area contributed by atoms with Gasteiger partial charge in [0, 0.05) is 12.6 Å². The van der Waals surface area contributed by atoms with Crippen molar-refractivity contribution >= 4 is 0 Å². The molecule has 0 spiro atoms. The molecule has 0 saturated carbocycles. The molecule has 0 aliphatic heterocycles. The summed E-state index contributed by atoms with van der Waals surface area (Å²) in [5.41, 5.74) is 3.02. The maximum absolute atomic E-state index is 13.0. The predicted molar refractivity (Wildman–Crippen MR) is 87.4 cm³/mol. The number of aromatic nitrogens is 1. The monoisotopic (exact) mass is 305 g/mol. The number of benzene rings is 1. The number of nitrogens with zero attached hydrogens (tertiary/aromatic N) is 1. The number of hydrogen-bond acceptors (Lipinski definition) is 4. The highest BCUT2D eigenvalue weighted by molar-refractivity contribution is 5.77. The van der Waals surface area contributed by atoms with Crippen LogP contribution >= 0.6 is 0 Å². The fourth-order valence-electron chi connectivity index (χ4n) is 3.24. The maximum Gasteiger partial charge on any atom is 0.202 e. The SMILES string of the molecule is CC1Cc2occ(-c3ncccc3O)c(=O)c2-c2ccccc21. The molecule has 0 amide bonds. The van der Waals surface area contributed by atoms with Gasteiger partial charge in [0.2, 0.25) is 5.43 Å². The third-order valence-electron chi connectivity index (χ3n) is 4.36. The van der Waals surface area contributed by atoms with Gasteiger partial charge in [-0.3, -0.25) is 9.78 Å². The second kappa shape index (κ2) is 5.09. The lowest BCUT2D eigenvalue weighted by Gasteiger charge is -2.23. The third kappa shape index (κ3) is 2.06. The molecule has 1 unspecified atom stereocenters. The summed E-state index contributed by atoms with van der Waals surface area (Å²) in [7, 11) is 0. The lowest BCUT2D eigenvalue weighted by Crippen LogP contribution is -2.18. The lowest BCUT2D eigenvalue weighted by atomic mass is 9.82. The van der Waals surface area contributed by atoms with Gasteiger partial charge in [0.05, 0.1) is 11.1 Å². The van der Waals surface area contributed by atoms with E-state index in [2.05, 4.69) is 11.9 Å². The first-order valence-electron chi connectivity index (χ1n) is 7.55. The van der Waals surface area contributed by atoms with Gasteiger partial charge in [-0.05, 0) is 29.2 Å². The van der Waals surface area contributed by atoms with Crippen molar-refractivity contribution in [1.29, 1.82) is 0 Å². The summed E-state index contributed by atoms with van der Waals surface area (Å²) in [5.74, 6) is 0.966. The zero-order valence-electron chi connectivity index (χ0n) is 12.6. The summed E-state index contributed by atoms with van der Waals surface area (Å²) in [6.45, 7) is 2.13. The Hall–Kier alpha value is -2.88. The number of fused-ring (bicyclic) bond motifs is 3. The van der Waals surface area contributed by atoms with Crippen LogP contribution in [0.2, 0.25) is 0 Å². The zero-order valence-corrected chi connectivity index (χ0v) is 12.6. The predicted octanol–water partition coefficient (Wildman–Crippen LogP) is 3.73. The molecule has 0 saturated heterocycles. The van der Waals surface area contributed by atoms with E-state index in [9.17, 15) is 9.90 Å². The Bertz CT molecular complexity index is 959. The van der Waals surface area contributed by atoms with Crippen molar-refractivity contribution in [2.45, 2.75) is 19.3 Å². The quantitative estimate of drug-likeness (QED) is 0.744.